The molecule has 1 atom stereocenters. The van der Waals surface area contributed by atoms with Gasteiger partial charge in [0.1, 0.15) is 6.04 Å². The van der Waals surface area contributed by atoms with Gasteiger partial charge in [0, 0.05) is 31.7 Å². The van der Waals surface area contributed by atoms with Crippen LogP contribution in [0.5, 0.6) is 0 Å². The number of alkyl halides is 6. The molecule has 1 saturated heterocycles. The van der Waals surface area contributed by atoms with Gasteiger partial charge in [-0.2, -0.15) is 26.3 Å². The average Bonchev–Trinajstić information content (AvgIpc) is 2.76. The van der Waals surface area contributed by atoms with E-state index in [1.165, 1.54) is 4.90 Å². The van der Waals surface area contributed by atoms with Crippen LogP contribution in [0.15, 0.2) is 36.4 Å². The fourth-order valence-electron chi connectivity index (χ4n) is 3.63. The molecule has 0 aromatic heterocycles. The number of nitrogens with two attached hydrogens (primary N) is 1. The Hall–Kier alpha value is -2.77. The maximum atomic E-state index is 14.6. The molecule has 5 nitrogen and oxygen atoms in total. The van der Waals surface area contributed by atoms with Crippen LogP contribution in [0.1, 0.15) is 22.7 Å². The van der Waals surface area contributed by atoms with Crippen molar-refractivity contribution < 1.29 is 39.9 Å². The summed E-state index contributed by atoms with van der Waals surface area (Å²) in [6, 6.07) is 1.95. The maximum Gasteiger partial charge on any atom is 0.416 e. The second kappa shape index (κ2) is 9.47. The van der Waals surface area contributed by atoms with Gasteiger partial charge in [0.2, 0.25) is 0 Å². The lowest BCUT2D eigenvalue weighted by Crippen LogP contribution is -2.52. The molecule has 1 unspecified atom stereocenters. The summed E-state index contributed by atoms with van der Waals surface area (Å²) < 4.78 is 108. The molecule has 3 rings (SSSR count). The first-order valence-corrected chi connectivity index (χ1v) is 9.95. The monoisotopic (exact) mass is 496 g/mol. The van der Waals surface area contributed by atoms with Crippen LogP contribution in [-0.4, -0.2) is 48.9 Å². The number of piperazine rings is 1. The fourth-order valence-corrected chi connectivity index (χ4v) is 3.63. The zero-order valence-corrected chi connectivity index (χ0v) is 17.7. The first-order chi connectivity index (χ1) is 15.7. The van der Waals surface area contributed by atoms with Crippen LogP contribution in [0.3, 0.4) is 0 Å². The minimum Gasteiger partial charge on any atom is -0.304 e. The highest BCUT2D eigenvalue weighted by molar-refractivity contribution is 5.97. The number of rotatable bonds is 4. The Bertz CT molecular complexity index is 1020. The summed E-state index contributed by atoms with van der Waals surface area (Å²) in [6.45, 7) is 1.22. The highest BCUT2D eigenvalue weighted by Crippen LogP contribution is 2.39. The van der Waals surface area contributed by atoms with E-state index < -0.39 is 58.3 Å². The van der Waals surface area contributed by atoms with Gasteiger partial charge in [0.05, 0.1) is 16.8 Å². The lowest BCUT2D eigenvalue weighted by molar-refractivity contribution is -0.143. The first-order valence-electron chi connectivity index (χ1n) is 9.95. The van der Waals surface area contributed by atoms with E-state index in [9.17, 15) is 39.9 Å². The van der Waals surface area contributed by atoms with E-state index in [1.54, 1.807) is 7.05 Å². The Kier molecular flexibility index (Phi) is 7.20. The minimum absolute atomic E-state index is 0.105. The van der Waals surface area contributed by atoms with Crippen molar-refractivity contribution in [2.45, 2.75) is 18.4 Å². The molecule has 13 heteroatoms. The smallest absolute Gasteiger partial charge is 0.304 e. The maximum absolute atomic E-state index is 14.6. The van der Waals surface area contributed by atoms with Gasteiger partial charge in [-0.15, -0.1) is 0 Å². The number of hydrogen-bond donors (Lipinski definition) is 1. The van der Waals surface area contributed by atoms with E-state index in [2.05, 4.69) is 0 Å². The Morgan fingerprint density at radius 1 is 0.941 bits per heavy atom. The normalized spacial score (nSPS) is 17.0. The Labute approximate surface area is 189 Å². The molecule has 0 aliphatic carbocycles. The number of halogens is 8. The third kappa shape index (κ3) is 5.47. The lowest BCUT2D eigenvalue weighted by atomic mass is 10.0. The van der Waals surface area contributed by atoms with Crippen molar-refractivity contribution in [3.05, 3.63) is 64.7 Å². The van der Waals surface area contributed by atoms with Gasteiger partial charge in [-0.05, 0) is 31.3 Å². The number of amides is 1. The average molecular weight is 496 g/mol. The third-order valence-corrected chi connectivity index (χ3v) is 5.50. The lowest BCUT2D eigenvalue weighted by Gasteiger charge is -2.38. The summed E-state index contributed by atoms with van der Waals surface area (Å²) in [6.07, 6.45) is -10.3. The van der Waals surface area contributed by atoms with Crippen molar-refractivity contribution in [3.8, 4) is 0 Å². The van der Waals surface area contributed by atoms with Crippen LogP contribution in [0.2, 0.25) is 0 Å². The molecule has 0 radical (unpaired) electrons. The molecule has 34 heavy (non-hydrogen) atoms. The van der Waals surface area contributed by atoms with Crippen LogP contribution in [-0.2, 0) is 17.1 Å². The molecular weight excluding hydrogens is 476 g/mol. The summed E-state index contributed by atoms with van der Waals surface area (Å²) >= 11 is 0. The topological polar surface area (TPSA) is 52.8 Å². The van der Waals surface area contributed by atoms with Crippen LogP contribution >= 0.6 is 0 Å². The third-order valence-electron chi connectivity index (χ3n) is 5.50. The van der Waals surface area contributed by atoms with Gasteiger partial charge in [0.15, 0.2) is 11.6 Å². The number of hydrazine groups is 1. The summed E-state index contributed by atoms with van der Waals surface area (Å²) in [7, 11) is 1.79. The van der Waals surface area contributed by atoms with Crippen LogP contribution in [0, 0.1) is 11.6 Å². The van der Waals surface area contributed by atoms with Gasteiger partial charge in [-0.1, -0.05) is 12.1 Å². The Balaban J connectivity index is 2.08. The molecule has 2 aromatic rings. The predicted molar refractivity (Wildman–Crippen MR) is 106 cm³/mol. The Morgan fingerprint density at radius 3 is 1.97 bits per heavy atom. The molecule has 0 saturated carbocycles. The number of carbonyl (C=O) groups is 1. The van der Waals surface area contributed by atoms with Gasteiger partial charge in [0.25, 0.3) is 5.91 Å². The molecule has 2 N–H and O–H groups in total. The zero-order chi connectivity index (χ0) is 25.4. The van der Waals surface area contributed by atoms with Crippen molar-refractivity contribution in [1.29, 1.82) is 0 Å². The summed E-state index contributed by atoms with van der Waals surface area (Å²) in [5.74, 6) is 1.86. The van der Waals surface area contributed by atoms with E-state index >= 15 is 0 Å². The van der Waals surface area contributed by atoms with Crippen LogP contribution < -0.4 is 10.9 Å². The molecular formula is C21H20F8N4O. The fraction of sp³-hybridized carbons (Fsp3) is 0.381. The number of benzene rings is 2. The predicted octanol–water partition coefficient (Wildman–Crippen LogP) is 4.20. The molecule has 1 fully saturated rings. The highest BCUT2D eigenvalue weighted by Gasteiger charge is 2.39. The van der Waals surface area contributed by atoms with Gasteiger partial charge in [-0.3, -0.25) is 9.69 Å². The van der Waals surface area contributed by atoms with Gasteiger partial charge < -0.3 is 4.90 Å². The second-order valence-electron chi connectivity index (χ2n) is 7.86. The second-order valence-corrected chi connectivity index (χ2v) is 7.86. The van der Waals surface area contributed by atoms with Crippen molar-refractivity contribution in [2.75, 3.05) is 38.2 Å². The molecule has 0 bridgehead atoms. The molecule has 1 heterocycles. The number of carbonyl (C=O) groups excluding carboxylic acids is 1. The number of likely N-dealkylation sites (N-methyl/N-ethyl adjacent to an activating group) is 1. The standard InChI is InChI=1S/C21H20F8N4O/c1-31-5-7-32(8-6-31)18(15-3-2-4-16(22)17(15)23)19(34)33(30)14-10-12(20(24,25)26)9-13(11-14)21(27,28)29/h2-4,9-11,18H,5-8,30H2,1H3. The summed E-state index contributed by atoms with van der Waals surface area (Å²) in [5.41, 5.74) is -4.68. The zero-order valence-electron chi connectivity index (χ0n) is 17.7. The molecule has 2 aromatic carbocycles. The molecule has 1 aliphatic rings. The largest absolute Gasteiger partial charge is 0.416 e. The first kappa shape index (κ1) is 25.8. The van der Waals surface area contributed by atoms with E-state index in [0.717, 1.165) is 18.2 Å². The minimum atomic E-state index is -5.16. The van der Waals surface area contributed by atoms with Crippen molar-refractivity contribution >= 4 is 11.6 Å². The van der Waals surface area contributed by atoms with Crippen molar-refractivity contribution in [3.63, 3.8) is 0 Å². The van der Waals surface area contributed by atoms with E-state index in [1.807, 2.05) is 4.90 Å². The number of hydrogen-bond acceptors (Lipinski definition) is 4. The molecule has 0 spiro atoms. The van der Waals surface area contributed by atoms with E-state index in [-0.39, 0.29) is 36.3 Å². The highest BCUT2D eigenvalue weighted by atomic mass is 19.4. The van der Waals surface area contributed by atoms with Crippen molar-refractivity contribution in [2.24, 2.45) is 5.84 Å². The molecule has 1 aliphatic heterocycles. The van der Waals surface area contributed by atoms with Gasteiger partial charge in [-0.25, -0.2) is 19.6 Å². The van der Waals surface area contributed by atoms with Crippen LogP contribution in [0.25, 0.3) is 0 Å². The summed E-state index contributed by atoms with van der Waals surface area (Å²) in [5, 5.41) is 0.109. The SMILES string of the molecule is CN1CCN(C(C(=O)N(N)c2cc(C(F)(F)F)cc(C(F)(F)F)c2)c2cccc(F)c2F)CC1. The van der Waals surface area contributed by atoms with Crippen molar-refractivity contribution in [1.82, 2.24) is 9.80 Å². The van der Waals surface area contributed by atoms with E-state index in [4.69, 9.17) is 5.84 Å². The molecule has 1 amide bonds. The number of nitrogens with zero attached hydrogens (tertiary/aromatic N) is 3. The molecule has 186 valence electrons. The summed E-state index contributed by atoms with van der Waals surface area (Å²) in [4.78, 5) is 16.6. The van der Waals surface area contributed by atoms with Gasteiger partial charge >= 0.3 is 12.4 Å². The van der Waals surface area contributed by atoms with Crippen LogP contribution in [0.4, 0.5) is 40.8 Å². The number of anilines is 1. The van der Waals surface area contributed by atoms with E-state index in [0.29, 0.717) is 13.1 Å². The quantitative estimate of drug-likeness (QED) is 0.299. The Morgan fingerprint density at radius 2 is 1.47 bits per heavy atom.